The number of hydrogen-bond acceptors (Lipinski definition) is 6. The number of aromatic nitrogens is 3. The van der Waals surface area contributed by atoms with Gasteiger partial charge < -0.3 is 13.9 Å². The molecule has 0 fully saturated rings. The first-order valence-corrected chi connectivity index (χ1v) is 17.8. The summed E-state index contributed by atoms with van der Waals surface area (Å²) in [6, 6.07) is 53.7. The van der Waals surface area contributed by atoms with E-state index in [9.17, 15) is 0 Å². The largest absolute Gasteiger partial charge is 0.455 e. The summed E-state index contributed by atoms with van der Waals surface area (Å²) in [5.74, 6) is 4.88. The fourth-order valence-electron chi connectivity index (χ4n) is 7.85. The minimum Gasteiger partial charge on any atom is -0.455 e. The minimum atomic E-state index is 0.136. The molecule has 0 radical (unpaired) electrons. The maximum Gasteiger partial charge on any atom is 0.170 e. The molecule has 1 atom stereocenters. The maximum atomic E-state index is 6.66. The summed E-state index contributed by atoms with van der Waals surface area (Å²) in [6.07, 6.45) is 0.826. The van der Waals surface area contributed by atoms with Gasteiger partial charge in [0.05, 0.1) is 5.56 Å². The van der Waals surface area contributed by atoms with Gasteiger partial charge in [0.15, 0.2) is 40.5 Å². The van der Waals surface area contributed by atoms with Crippen molar-refractivity contribution in [2.75, 3.05) is 0 Å². The standard InChI is InChI=1S/C47H29N3O3/c1-3-12-28(13-4-1)45-48-46(29-14-5-2-6-15-29)50-47(49-45)35-19-11-18-34-38-24-30(22-23-39(38)53-44(34)35)36-25-31-26-42-43(52-41-21-10-9-20-40(41)51-42)27-37(31)33-17-8-7-16-32(33)36/h1-24,26-27,36H,25H2. The zero-order valence-corrected chi connectivity index (χ0v) is 28.4. The Hall–Kier alpha value is -7.05. The fourth-order valence-corrected chi connectivity index (χ4v) is 7.85. The van der Waals surface area contributed by atoms with Gasteiger partial charge in [-0.15, -0.1) is 0 Å². The first-order chi connectivity index (χ1) is 26.2. The van der Waals surface area contributed by atoms with Crippen molar-refractivity contribution in [1.82, 2.24) is 15.0 Å². The van der Waals surface area contributed by atoms with Crippen molar-refractivity contribution in [3.63, 3.8) is 0 Å². The number of ether oxygens (including phenoxy) is 2. The predicted octanol–water partition coefficient (Wildman–Crippen LogP) is 12.0. The van der Waals surface area contributed by atoms with Crippen LogP contribution in [0.2, 0.25) is 0 Å². The normalized spacial score (nSPS) is 14.1. The van der Waals surface area contributed by atoms with E-state index < -0.39 is 0 Å². The molecule has 6 heteroatoms. The molecule has 6 nitrogen and oxygen atoms in total. The molecule has 9 aromatic rings. The number of hydrogen-bond donors (Lipinski definition) is 0. The predicted molar refractivity (Wildman–Crippen MR) is 207 cm³/mol. The first kappa shape index (κ1) is 29.7. The summed E-state index contributed by atoms with van der Waals surface area (Å²) in [5.41, 5.74) is 10.4. The van der Waals surface area contributed by atoms with Gasteiger partial charge in [-0.25, -0.2) is 15.0 Å². The molecular formula is C47H29N3O3. The summed E-state index contributed by atoms with van der Waals surface area (Å²) >= 11 is 0. The van der Waals surface area contributed by atoms with E-state index >= 15 is 0 Å². The molecule has 0 amide bonds. The number of rotatable bonds is 4. The van der Waals surface area contributed by atoms with Gasteiger partial charge >= 0.3 is 0 Å². The Morgan fingerprint density at radius 3 is 1.81 bits per heavy atom. The van der Waals surface area contributed by atoms with Crippen LogP contribution in [0.1, 0.15) is 22.6 Å². The van der Waals surface area contributed by atoms with E-state index in [1.807, 2.05) is 91.0 Å². The molecule has 2 aliphatic rings. The molecular weight excluding hydrogens is 655 g/mol. The van der Waals surface area contributed by atoms with Crippen molar-refractivity contribution in [3.05, 3.63) is 174 Å². The zero-order valence-electron chi connectivity index (χ0n) is 28.4. The summed E-state index contributed by atoms with van der Waals surface area (Å²) < 4.78 is 19.3. The molecule has 11 rings (SSSR count). The molecule has 0 spiro atoms. The molecule has 3 heterocycles. The molecule has 7 aromatic carbocycles. The quantitative estimate of drug-likeness (QED) is 0.184. The Morgan fingerprint density at radius 1 is 0.453 bits per heavy atom. The molecule has 0 N–H and O–H groups in total. The Bertz CT molecular complexity index is 2830. The van der Waals surface area contributed by atoms with E-state index in [1.165, 1.54) is 27.8 Å². The topological polar surface area (TPSA) is 70.3 Å². The second-order valence-corrected chi connectivity index (χ2v) is 13.5. The lowest BCUT2D eigenvalue weighted by Crippen LogP contribution is -2.13. The van der Waals surface area contributed by atoms with Crippen LogP contribution in [0.3, 0.4) is 0 Å². The van der Waals surface area contributed by atoms with Crippen molar-refractivity contribution in [2.45, 2.75) is 12.3 Å². The molecule has 53 heavy (non-hydrogen) atoms. The van der Waals surface area contributed by atoms with Crippen LogP contribution in [0.5, 0.6) is 23.0 Å². The number of benzene rings is 7. The highest BCUT2D eigenvalue weighted by Gasteiger charge is 2.30. The van der Waals surface area contributed by atoms with E-state index in [2.05, 4.69) is 66.7 Å². The van der Waals surface area contributed by atoms with E-state index in [-0.39, 0.29) is 5.92 Å². The van der Waals surface area contributed by atoms with Crippen molar-refractivity contribution in [2.24, 2.45) is 0 Å². The first-order valence-electron chi connectivity index (χ1n) is 17.8. The van der Waals surface area contributed by atoms with Crippen molar-refractivity contribution in [1.29, 1.82) is 0 Å². The van der Waals surface area contributed by atoms with Crippen LogP contribution < -0.4 is 9.47 Å². The van der Waals surface area contributed by atoms with Crippen molar-refractivity contribution in [3.8, 4) is 68.3 Å². The Labute approximate surface area is 305 Å². The third-order valence-electron chi connectivity index (χ3n) is 10.4. The van der Waals surface area contributed by atoms with Crippen LogP contribution in [0.25, 0.3) is 67.2 Å². The Kier molecular flexibility index (Phi) is 6.58. The molecule has 1 unspecified atom stereocenters. The second-order valence-electron chi connectivity index (χ2n) is 13.5. The monoisotopic (exact) mass is 683 g/mol. The maximum absolute atomic E-state index is 6.66. The SMILES string of the molecule is c1ccc(-c2nc(-c3ccccc3)nc(-c3cccc4c3oc3ccc(C5Cc6cc7c(cc6-c6ccccc65)Oc5ccccc5O7)cc34)n2)cc1. The lowest BCUT2D eigenvalue weighted by molar-refractivity contribution is 0.359. The number of fused-ring (bicyclic) bond motifs is 8. The second kappa shape index (κ2) is 11.8. The number of furan rings is 1. The van der Waals surface area contributed by atoms with Crippen molar-refractivity contribution >= 4 is 21.9 Å². The number of para-hydroxylation sites is 3. The van der Waals surface area contributed by atoms with E-state index in [0.717, 1.165) is 68.0 Å². The third-order valence-corrected chi connectivity index (χ3v) is 10.4. The van der Waals surface area contributed by atoms with Crippen LogP contribution in [0.15, 0.2) is 162 Å². The van der Waals surface area contributed by atoms with Crippen LogP contribution in [-0.4, -0.2) is 15.0 Å². The molecule has 0 saturated carbocycles. The lowest BCUT2D eigenvalue weighted by Gasteiger charge is -2.30. The smallest absolute Gasteiger partial charge is 0.170 e. The lowest BCUT2D eigenvalue weighted by atomic mass is 9.75. The number of nitrogens with zero attached hydrogens (tertiary/aromatic N) is 3. The Morgan fingerprint density at radius 2 is 1.08 bits per heavy atom. The van der Waals surface area contributed by atoms with Crippen LogP contribution in [-0.2, 0) is 6.42 Å². The van der Waals surface area contributed by atoms with Crippen LogP contribution >= 0.6 is 0 Å². The molecule has 250 valence electrons. The van der Waals surface area contributed by atoms with Crippen molar-refractivity contribution < 1.29 is 13.9 Å². The highest BCUT2D eigenvalue weighted by atomic mass is 16.6. The minimum absolute atomic E-state index is 0.136. The average molecular weight is 684 g/mol. The zero-order chi connectivity index (χ0) is 34.9. The van der Waals surface area contributed by atoms with Crippen LogP contribution in [0.4, 0.5) is 0 Å². The summed E-state index contributed by atoms with van der Waals surface area (Å²) in [4.78, 5) is 14.9. The fraction of sp³-hybridized carbons (Fsp3) is 0.0426. The molecule has 0 bridgehead atoms. The van der Waals surface area contributed by atoms with Gasteiger partial charge in [-0.3, -0.25) is 0 Å². The van der Waals surface area contributed by atoms with E-state index in [1.54, 1.807) is 0 Å². The third kappa shape index (κ3) is 4.91. The van der Waals surface area contributed by atoms with Gasteiger partial charge in [-0.1, -0.05) is 115 Å². The Balaban J connectivity index is 1.02. The summed E-state index contributed by atoms with van der Waals surface area (Å²) in [6.45, 7) is 0. The van der Waals surface area contributed by atoms with Gasteiger partial charge in [0.1, 0.15) is 11.2 Å². The van der Waals surface area contributed by atoms with Gasteiger partial charge in [0.25, 0.3) is 0 Å². The highest BCUT2D eigenvalue weighted by molar-refractivity contribution is 6.09. The summed E-state index contributed by atoms with van der Waals surface area (Å²) in [5, 5.41) is 2.08. The molecule has 1 aliphatic carbocycles. The average Bonchev–Trinajstić information content (AvgIpc) is 3.61. The van der Waals surface area contributed by atoms with E-state index in [0.29, 0.717) is 17.5 Å². The van der Waals surface area contributed by atoms with E-state index in [4.69, 9.17) is 28.8 Å². The molecule has 1 aliphatic heterocycles. The highest BCUT2D eigenvalue weighted by Crippen LogP contribution is 2.51. The van der Waals surface area contributed by atoms with Crippen LogP contribution in [0, 0.1) is 0 Å². The summed E-state index contributed by atoms with van der Waals surface area (Å²) in [7, 11) is 0. The van der Waals surface area contributed by atoms with Gasteiger partial charge in [0.2, 0.25) is 0 Å². The molecule has 0 saturated heterocycles. The van der Waals surface area contributed by atoms with Gasteiger partial charge in [-0.2, -0.15) is 0 Å². The molecule has 2 aromatic heterocycles. The van der Waals surface area contributed by atoms with Gasteiger partial charge in [-0.05, 0) is 76.7 Å². The van der Waals surface area contributed by atoms with Gasteiger partial charge in [0, 0.05) is 27.8 Å².